The van der Waals surface area contributed by atoms with E-state index in [1.54, 1.807) is 0 Å². The Morgan fingerprint density at radius 3 is 2.04 bits per heavy atom. The molecule has 0 amide bonds. The highest BCUT2D eigenvalue weighted by Crippen LogP contribution is 2.21. The van der Waals surface area contributed by atoms with E-state index in [0.29, 0.717) is 13.2 Å². The molecule has 0 radical (unpaired) electrons. The normalized spacial score (nSPS) is 29.9. The van der Waals surface area contributed by atoms with Gasteiger partial charge < -0.3 is 34.6 Å². The molecule has 1 saturated heterocycles. The van der Waals surface area contributed by atoms with Crippen molar-refractivity contribution in [3.8, 4) is 0 Å². The van der Waals surface area contributed by atoms with Crippen LogP contribution in [-0.2, 0) is 14.2 Å². The van der Waals surface area contributed by atoms with E-state index in [1.807, 2.05) is 0 Å². The van der Waals surface area contributed by atoms with E-state index >= 15 is 0 Å². The predicted octanol–water partition coefficient (Wildman–Crippen LogP) is 0.960. The van der Waals surface area contributed by atoms with Crippen molar-refractivity contribution < 1.29 is 34.6 Å². The summed E-state index contributed by atoms with van der Waals surface area (Å²) in [5.41, 5.74) is 0. The van der Waals surface area contributed by atoms with Crippen LogP contribution in [0.3, 0.4) is 0 Å². The molecule has 1 fully saturated rings. The molecule has 4 N–H and O–H groups in total. The van der Waals surface area contributed by atoms with Crippen LogP contribution >= 0.6 is 0 Å². The van der Waals surface area contributed by atoms with Crippen molar-refractivity contribution in [2.75, 3.05) is 26.4 Å². The van der Waals surface area contributed by atoms with Gasteiger partial charge in [-0.05, 0) is 6.42 Å². The minimum atomic E-state index is -1.41. The van der Waals surface area contributed by atoms with Crippen LogP contribution in [0.15, 0.2) is 0 Å². The number of hydrogen-bond donors (Lipinski definition) is 4. The smallest absolute Gasteiger partial charge is 0.186 e. The van der Waals surface area contributed by atoms with Gasteiger partial charge in [-0.3, -0.25) is 0 Å². The van der Waals surface area contributed by atoms with Crippen molar-refractivity contribution in [1.29, 1.82) is 0 Å². The Hall–Kier alpha value is -0.280. The summed E-state index contributed by atoms with van der Waals surface area (Å²) in [5.74, 6) is 0. The molecular weight excluding hydrogens is 328 g/mol. The standard InChI is InChI=1S/C18H36O7/c1-2-3-4-5-6-7-8-9-10-23-11-12-24-18-17(22)16(21)15(20)14(13-19)25-18/h14-22H,2-13H2,1H3/t14-,15-,16+,17-,18?/m1/s1. The Morgan fingerprint density at radius 2 is 1.40 bits per heavy atom. The minimum absolute atomic E-state index is 0.208. The summed E-state index contributed by atoms with van der Waals surface area (Å²) in [6.45, 7) is 3.01. The zero-order valence-electron chi connectivity index (χ0n) is 15.4. The molecule has 0 saturated carbocycles. The third kappa shape index (κ3) is 8.77. The van der Waals surface area contributed by atoms with Crippen LogP contribution in [-0.4, -0.2) is 77.6 Å². The van der Waals surface area contributed by atoms with Crippen molar-refractivity contribution in [2.24, 2.45) is 0 Å². The first kappa shape index (κ1) is 22.8. The molecular formula is C18H36O7. The van der Waals surface area contributed by atoms with Crippen LogP contribution in [0.4, 0.5) is 0 Å². The molecule has 0 bridgehead atoms. The van der Waals surface area contributed by atoms with E-state index < -0.39 is 37.3 Å². The maximum atomic E-state index is 9.82. The van der Waals surface area contributed by atoms with Crippen molar-refractivity contribution in [3.63, 3.8) is 0 Å². The summed E-state index contributed by atoms with van der Waals surface area (Å²) in [6, 6.07) is 0. The number of aliphatic hydroxyl groups is 4. The van der Waals surface area contributed by atoms with E-state index in [0.717, 1.165) is 6.42 Å². The van der Waals surface area contributed by atoms with E-state index in [2.05, 4.69) is 6.92 Å². The molecule has 25 heavy (non-hydrogen) atoms. The highest BCUT2D eigenvalue weighted by atomic mass is 16.7. The fourth-order valence-electron chi connectivity index (χ4n) is 2.87. The molecule has 1 aliphatic rings. The van der Waals surface area contributed by atoms with Gasteiger partial charge in [0.1, 0.15) is 24.4 Å². The first-order valence-corrected chi connectivity index (χ1v) is 9.61. The fourth-order valence-corrected chi connectivity index (χ4v) is 2.87. The first-order valence-electron chi connectivity index (χ1n) is 9.61. The first-order chi connectivity index (χ1) is 12.1. The maximum absolute atomic E-state index is 9.82. The second-order valence-corrected chi connectivity index (χ2v) is 6.66. The van der Waals surface area contributed by atoms with Crippen LogP contribution in [0.25, 0.3) is 0 Å². The SMILES string of the molecule is CCCCCCCCCCOCCOC1O[C@H](CO)[C@@H](O)[C@H](O)[C@H]1O. The van der Waals surface area contributed by atoms with Gasteiger partial charge in [-0.1, -0.05) is 51.9 Å². The number of unbranched alkanes of at least 4 members (excludes halogenated alkanes) is 7. The lowest BCUT2D eigenvalue weighted by Crippen LogP contribution is -2.59. The topological polar surface area (TPSA) is 109 Å². The summed E-state index contributed by atoms with van der Waals surface area (Å²) >= 11 is 0. The molecule has 150 valence electrons. The zero-order chi connectivity index (χ0) is 18.5. The molecule has 0 aromatic rings. The number of aliphatic hydroxyl groups excluding tert-OH is 4. The lowest BCUT2D eigenvalue weighted by molar-refractivity contribution is -0.302. The Morgan fingerprint density at radius 1 is 0.760 bits per heavy atom. The second-order valence-electron chi connectivity index (χ2n) is 6.66. The van der Waals surface area contributed by atoms with Gasteiger partial charge in [0.15, 0.2) is 6.29 Å². The largest absolute Gasteiger partial charge is 0.394 e. The summed E-state index contributed by atoms with van der Waals surface area (Å²) < 4.78 is 16.1. The fraction of sp³-hybridized carbons (Fsp3) is 1.00. The van der Waals surface area contributed by atoms with Gasteiger partial charge >= 0.3 is 0 Å². The summed E-state index contributed by atoms with van der Waals surface area (Å²) in [4.78, 5) is 0. The minimum Gasteiger partial charge on any atom is -0.394 e. The Bertz CT molecular complexity index is 314. The molecule has 1 aliphatic heterocycles. The Kier molecular flexibility index (Phi) is 12.6. The maximum Gasteiger partial charge on any atom is 0.186 e. The molecule has 0 aromatic heterocycles. The quantitative estimate of drug-likeness (QED) is 0.340. The second kappa shape index (κ2) is 13.9. The number of hydrogen-bond acceptors (Lipinski definition) is 7. The zero-order valence-corrected chi connectivity index (χ0v) is 15.4. The third-order valence-corrected chi connectivity index (χ3v) is 4.50. The Balaban J connectivity index is 1.99. The molecule has 0 aliphatic carbocycles. The summed E-state index contributed by atoms with van der Waals surface area (Å²) in [6.07, 6.45) is 3.84. The van der Waals surface area contributed by atoms with Crippen LogP contribution in [0.1, 0.15) is 58.3 Å². The average molecular weight is 364 g/mol. The molecule has 7 heteroatoms. The number of ether oxygens (including phenoxy) is 3. The van der Waals surface area contributed by atoms with Gasteiger partial charge in [-0.15, -0.1) is 0 Å². The van der Waals surface area contributed by atoms with Crippen LogP contribution < -0.4 is 0 Å². The van der Waals surface area contributed by atoms with E-state index in [1.165, 1.54) is 44.9 Å². The molecule has 5 atom stereocenters. The molecule has 1 heterocycles. The monoisotopic (exact) mass is 364 g/mol. The van der Waals surface area contributed by atoms with Gasteiger partial charge in [-0.25, -0.2) is 0 Å². The summed E-state index contributed by atoms with van der Waals surface area (Å²) in [5, 5.41) is 38.2. The van der Waals surface area contributed by atoms with Gasteiger partial charge in [0.25, 0.3) is 0 Å². The van der Waals surface area contributed by atoms with E-state index in [-0.39, 0.29) is 6.61 Å². The highest BCUT2D eigenvalue weighted by Gasteiger charge is 2.43. The molecule has 7 nitrogen and oxygen atoms in total. The summed E-state index contributed by atoms with van der Waals surface area (Å²) in [7, 11) is 0. The van der Waals surface area contributed by atoms with Gasteiger partial charge in [0, 0.05) is 6.61 Å². The van der Waals surface area contributed by atoms with E-state index in [9.17, 15) is 15.3 Å². The lowest BCUT2D eigenvalue weighted by atomic mass is 9.99. The molecule has 1 unspecified atom stereocenters. The van der Waals surface area contributed by atoms with E-state index in [4.69, 9.17) is 19.3 Å². The Labute approximate surface area is 150 Å². The van der Waals surface area contributed by atoms with Crippen LogP contribution in [0, 0.1) is 0 Å². The molecule has 0 spiro atoms. The highest BCUT2D eigenvalue weighted by molar-refractivity contribution is 4.88. The van der Waals surface area contributed by atoms with Crippen molar-refractivity contribution in [3.05, 3.63) is 0 Å². The van der Waals surface area contributed by atoms with Crippen molar-refractivity contribution >= 4 is 0 Å². The third-order valence-electron chi connectivity index (χ3n) is 4.50. The lowest BCUT2D eigenvalue weighted by Gasteiger charge is -2.39. The van der Waals surface area contributed by atoms with Crippen molar-refractivity contribution in [1.82, 2.24) is 0 Å². The molecule has 1 rings (SSSR count). The number of rotatable bonds is 14. The van der Waals surface area contributed by atoms with Crippen LogP contribution in [0.5, 0.6) is 0 Å². The van der Waals surface area contributed by atoms with Gasteiger partial charge in [0.05, 0.1) is 19.8 Å². The predicted molar refractivity (Wildman–Crippen MR) is 93.1 cm³/mol. The van der Waals surface area contributed by atoms with Crippen molar-refractivity contribution in [2.45, 2.75) is 89.0 Å². The van der Waals surface area contributed by atoms with Gasteiger partial charge in [-0.2, -0.15) is 0 Å². The average Bonchev–Trinajstić information content (AvgIpc) is 2.62. The molecule has 0 aromatic carbocycles. The van der Waals surface area contributed by atoms with Crippen LogP contribution in [0.2, 0.25) is 0 Å². The van der Waals surface area contributed by atoms with Gasteiger partial charge in [0.2, 0.25) is 0 Å².